The lowest BCUT2D eigenvalue weighted by molar-refractivity contribution is 0.452. The van der Waals surface area contributed by atoms with Gasteiger partial charge < -0.3 is 4.98 Å². The van der Waals surface area contributed by atoms with Crippen molar-refractivity contribution >= 4 is 11.0 Å². The first kappa shape index (κ1) is 9.05. The third-order valence-electron chi connectivity index (χ3n) is 2.00. The number of hydrogen-bond donors (Lipinski definition) is 1. The van der Waals surface area contributed by atoms with Crippen molar-refractivity contribution in [1.82, 2.24) is 9.97 Å². The highest BCUT2D eigenvalue weighted by molar-refractivity contribution is 5.76. The van der Waals surface area contributed by atoms with Crippen LogP contribution in [0.5, 0.6) is 0 Å². The highest BCUT2D eigenvalue weighted by Gasteiger charge is 2.16. The van der Waals surface area contributed by atoms with Crippen molar-refractivity contribution in [2.45, 2.75) is 13.3 Å². The van der Waals surface area contributed by atoms with Crippen LogP contribution in [0.2, 0.25) is 0 Å². The number of imidazole rings is 1. The van der Waals surface area contributed by atoms with E-state index in [4.69, 9.17) is 0 Å². The fourth-order valence-electron chi connectivity index (χ4n) is 1.27. The Morgan fingerprint density at radius 3 is 2.64 bits per heavy atom. The second kappa shape index (κ2) is 3.01. The normalized spacial score (nSPS) is 11.1. The summed E-state index contributed by atoms with van der Waals surface area (Å²) in [6.07, 6.45) is 0.553. The average molecular weight is 200 g/mol. The summed E-state index contributed by atoms with van der Waals surface area (Å²) < 4.78 is 38.7. The maximum absolute atomic E-state index is 13.1. The van der Waals surface area contributed by atoms with Gasteiger partial charge in [0.1, 0.15) is 11.3 Å². The summed E-state index contributed by atoms with van der Waals surface area (Å²) in [6.45, 7) is 1.81. The van der Waals surface area contributed by atoms with Crippen molar-refractivity contribution in [2.24, 2.45) is 0 Å². The Morgan fingerprint density at radius 1 is 1.29 bits per heavy atom. The van der Waals surface area contributed by atoms with E-state index in [1.165, 1.54) is 0 Å². The lowest BCUT2D eigenvalue weighted by atomic mass is 10.3. The number of benzene rings is 1. The van der Waals surface area contributed by atoms with Gasteiger partial charge in [0.25, 0.3) is 0 Å². The van der Waals surface area contributed by atoms with Crippen molar-refractivity contribution in [3.8, 4) is 0 Å². The molecule has 0 spiro atoms. The largest absolute Gasteiger partial charge is 0.339 e. The zero-order valence-electron chi connectivity index (χ0n) is 7.37. The van der Waals surface area contributed by atoms with Crippen LogP contribution in [-0.4, -0.2) is 9.97 Å². The number of halogens is 3. The van der Waals surface area contributed by atoms with Gasteiger partial charge >= 0.3 is 0 Å². The topological polar surface area (TPSA) is 28.7 Å². The number of nitrogens with one attached hydrogen (secondary N) is 1. The van der Waals surface area contributed by atoms with Gasteiger partial charge in [-0.15, -0.1) is 0 Å². The molecule has 14 heavy (non-hydrogen) atoms. The molecule has 2 aromatic rings. The van der Waals surface area contributed by atoms with E-state index >= 15 is 0 Å². The van der Waals surface area contributed by atoms with E-state index in [9.17, 15) is 13.2 Å². The maximum Gasteiger partial charge on any atom is 0.196 e. The first-order valence-electron chi connectivity index (χ1n) is 4.15. The van der Waals surface area contributed by atoms with Gasteiger partial charge in [0.2, 0.25) is 0 Å². The molecule has 0 aliphatic rings. The van der Waals surface area contributed by atoms with Crippen molar-refractivity contribution in [2.75, 3.05) is 0 Å². The Balaban J connectivity index is 2.81. The van der Waals surface area contributed by atoms with Crippen LogP contribution in [0.15, 0.2) is 6.07 Å². The zero-order chi connectivity index (χ0) is 10.3. The van der Waals surface area contributed by atoms with E-state index < -0.39 is 17.5 Å². The second-order valence-corrected chi connectivity index (χ2v) is 2.92. The molecule has 2 rings (SSSR count). The van der Waals surface area contributed by atoms with Crippen LogP contribution in [-0.2, 0) is 6.42 Å². The third kappa shape index (κ3) is 1.16. The first-order valence-corrected chi connectivity index (χ1v) is 4.15. The predicted octanol–water partition coefficient (Wildman–Crippen LogP) is 2.54. The van der Waals surface area contributed by atoms with Crippen LogP contribution in [0, 0.1) is 17.5 Å². The number of H-pyrrole nitrogens is 1. The first-order chi connectivity index (χ1) is 6.63. The Bertz CT molecular complexity index is 490. The summed E-state index contributed by atoms with van der Waals surface area (Å²) in [5.74, 6) is -3.40. The Labute approximate surface area is 77.8 Å². The lowest BCUT2D eigenvalue weighted by Gasteiger charge is -1.94. The Hall–Kier alpha value is -1.52. The van der Waals surface area contributed by atoms with Crippen molar-refractivity contribution in [3.05, 3.63) is 29.3 Å². The number of fused-ring (bicyclic) bond motifs is 1. The molecule has 1 N–H and O–H groups in total. The molecular formula is C9H7F3N2. The summed E-state index contributed by atoms with van der Waals surface area (Å²) in [6, 6.07) is 0.878. The molecule has 0 aliphatic heterocycles. The molecule has 0 radical (unpaired) electrons. The molecule has 1 aromatic carbocycles. The van der Waals surface area contributed by atoms with Gasteiger partial charge in [0, 0.05) is 12.5 Å². The van der Waals surface area contributed by atoms with E-state index in [0.29, 0.717) is 12.2 Å². The summed E-state index contributed by atoms with van der Waals surface area (Å²) >= 11 is 0. The second-order valence-electron chi connectivity index (χ2n) is 2.92. The van der Waals surface area contributed by atoms with E-state index in [1.807, 2.05) is 6.92 Å². The molecule has 0 bridgehead atoms. The summed E-state index contributed by atoms with van der Waals surface area (Å²) in [4.78, 5) is 6.48. The molecule has 0 aliphatic carbocycles. The molecule has 5 heteroatoms. The quantitative estimate of drug-likeness (QED) is 0.704. The van der Waals surface area contributed by atoms with Crippen molar-refractivity contribution < 1.29 is 13.2 Å². The Kier molecular flexibility index (Phi) is 1.94. The van der Waals surface area contributed by atoms with Crippen LogP contribution < -0.4 is 0 Å². The predicted molar refractivity (Wildman–Crippen MR) is 45.3 cm³/mol. The molecular weight excluding hydrogens is 193 g/mol. The number of aromatic amines is 1. The highest BCUT2D eigenvalue weighted by Crippen LogP contribution is 2.21. The zero-order valence-corrected chi connectivity index (χ0v) is 7.37. The average Bonchev–Trinajstić information content (AvgIpc) is 2.57. The minimum absolute atomic E-state index is 0.0826. The molecule has 0 amide bonds. The molecule has 0 fully saturated rings. The van der Waals surface area contributed by atoms with Crippen molar-refractivity contribution in [3.63, 3.8) is 0 Å². The number of nitrogens with zero attached hydrogens (tertiary/aromatic N) is 1. The van der Waals surface area contributed by atoms with Gasteiger partial charge in [0.05, 0.1) is 5.52 Å². The van der Waals surface area contributed by atoms with Gasteiger partial charge in [0.15, 0.2) is 17.5 Å². The van der Waals surface area contributed by atoms with Gasteiger partial charge in [-0.3, -0.25) is 0 Å². The number of aryl methyl sites for hydroxylation is 1. The minimum atomic E-state index is -1.47. The van der Waals surface area contributed by atoms with Crippen LogP contribution in [0.1, 0.15) is 12.7 Å². The number of rotatable bonds is 1. The molecule has 1 aromatic heterocycles. The Morgan fingerprint density at radius 2 is 2.00 bits per heavy atom. The minimum Gasteiger partial charge on any atom is -0.339 e. The smallest absolute Gasteiger partial charge is 0.196 e. The van der Waals surface area contributed by atoms with E-state index in [0.717, 1.165) is 6.07 Å². The number of hydrogen-bond acceptors (Lipinski definition) is 1. The molecule has 1 heterocycles. The molecule has 0 saturated carbocycles. The molecule has 0 atom stereocenters. The van der Waals surface area contributed by atoms with Crippen LogP contribution in [0.4, 0.5) is 13.2 Å². The van der Waals surface area contributed by atoms with E-state index in [2.05, 4.69) is 9.97 Å². The standard InChI is InChI=1S/C9H7F3N2/c1-2-6-13-5-3-4(10)7(11)8(12)9(5)14-6/h3H,2H2,1H3,(H,13,14). The highest BCUT2D eigenvalue weighted by atomic mass is 19.2. The van der Waals surface area contributed by atoms with E-state index in [1.54, 1.807) is 0 Å². The summed E-state index contributed by atoms with van der Waals surface area (Å²) in [5.41, 5.74) is 0.0269. The lowest BCUT2D eigenvalue weighted by Crippen LogP contribution is -1.91. The maximum atomic E-state index is 13.1. The SMILES string of the molecule is CCc1nc2cc(F)c(F)c(F)c2[nH]1. The fraction of sp³-hybridized carbons (Fsp3) is 0.222. The van der Waals surface area contributed by atoms with Gasteiger partial charge in [-0.1, -0.05) is 6.92 Å². The third-order valence-corrected chi connectivity index (χ3v) is 2.00. The monoisotopic (exact) mass is 200 g/mol. The van der Waals surface area contributed by atoms with Gasteiger partial charge in [-0.05, 0) is 0 Å². The number of aromatic nitrogens is 2. The van der Waals surface area contributed by atoms with Crippen molar-refractivity contribution in [1.29, 1.82) is 0 Å². The van der Waals surface area contributed by atoms with Crippen LogP contribution in [0.3, 0.4) is 0 Å². The van der Waals surface area contributed by atoms with E-state index in [-0.39, 0.29) is 11.0 Å². The molecule has 0 saturated heterocycles. The van der Waals surface area contributed by atoms with Crippen LogP contribution in [0.25, 0.3) is 11.0 Å². The summed E-state index contributed by atoms with van der Waals surface area (Å²) in [7, 11) is 0. The molecule has 2 nitrogen and oxygen atoms in total. The summed E-state index contributed by atoms with van der Waals surface area (Å²) in [5, 5.41) is 0. The van der Waals surface area contributed by atoms with Crippen LogP contribution >= 0.6 is 0 Å². The van der Waals surface area contributed by atoms with Gasteiger partial charge in [-0.2, -0.15) is 0 Å². The fourth-order valence-corrected chi connectivity index (χ4v) is 1.27. The molecule has 74 valence electrons. The van der Waals surface area contributed by atoms with Gasteiger partial charge in [-0.25, -0.2) is 18.2 Å². The molecule has 0 unspecified atom stereocenters.